The van der Waals surface area contributed by atoms with Gasteiger partial charge in [0.25, 0.3) is 0 Å². The van der Waals surface area contributed by atoms with Crippen molar-refractivity contribution >= 4 is 5.97 Å². The van der Waals surface area contributed by atoms with Gasteiger partial charge in [-0.25, -0.2) is 0 Å². The molecular formula is C10H17NO2. The van der Waals surface area contributed by atoms with Crippen molar-refractivity contribution in [3.63, 3.8) is 0 Å². The van der Waals surface area contributed by atoms with Crippen LogP contribution in [0.15, 0.2) is 0 Å². The van der Waals surface area contributed by atoms with Crippen LogP contribution in [-0.4, -0.2) is 18.6 Å². The summed E-state index contributed by atoms with van der Waals surface area (Å²) < 4.78 is 5.03. The zero-order valence-corrected chi connectivity index (χ0v) is 8.03. The number of hydrogen-bond acceptors (Lipinski definition) is 3. The van der Waals surface area contributed by atoms with E-state index >= 15 is 0 Å². The predicted molar refractivity (Wildman–Crippen MR) is 48.9 cm³/mol. The summed E-state index contributed by atoms with van der Waals surface area (Å²) in [6, 6.07) is 0.0674. The number of carbonyl (C=O) groups is 1. The Labute approximate surface area is 78.6 Å². The fourth-order valence-corrected chi connectivity index (χ4v) is 2.92. The molecule has 0 radical (unpaired) electrons. The van der Waals surface area contributed by atoms with E-state index in [2.05, 4.69) is 0 Å². The number of ether oxygens (including phenoxy) is 1. The van der Waals surface area contributed by atoms with Crippen LogP contribution in [0.4, 0.5) is 0 Å². The highest BCUT2D eigenvalue weighted by Crippen LogP contribution is 2.47. The Morgan fingerprint density at radius 3 is 2.69 bits per heavy atom. The van der Waals surface area contributed by atoms with E-state index in [0.717, 1.165) is 6.42 Å². The van der Waals surface area contributed by atoms with Crippen molar-refractivity contribution in [3.05, 3.63) is 0 Å². The molecule has 0 amide bonds. The fraction of sp³-hybridized carbons (Fsp3) is 0.900. The first-order valence-electron chi connectivity index (χ1n) is 5.16. The van der Waals surface area contributed by atoms with Gasteiger partial charge in [-0.05, 0) is 38.0 Å². The normalized spacial score (nSPS) is 42.3. The third kappa shape index (κ3) is 1.35. The molecule has 3 heteroatoms. The molecule has 2 bridgehead atoms. The molecule has 2 aliphatic carbocycles. The monoisotopic (exact) mass is 183 g/mol. The summed E-state index contributed by atoms with van der Waals surface area (Å²) >= 11 is 0. The molecular weight excluding hydrogens is 166 g/mol. The minimum absolute atomic E-state index is 0.00120. The van der Waals surface area contributed by atoms with Gasteiger partial charge in [0.05, 0.1) is 12.5 Å². The number of rotatable bonds is 2. The van der Waals surface area contributed by atoms with Crippen molar-refractivity contribution in [3.8, 4) is 0 Å². The molecule has 0 heterocycles. The lowest BCUT2D eigenvalue weighted by molar-refractivity contribution is -0.150. The van der Waals surface area contributed by atoms with Gasteiger partial charge in [0.2, 0.25) is 0 Å². The summed E-state index contributed by atoms with van der Waals surface area (Å²) in [6.45, 7) is 2.32. The summed E-state index contributed by atoms with van der Waals surface area (Å²) in [4.78, 5) is 11.5. The summed E-state index contributed by atoms with van der Waals surface area (Å²) in [7, 11) is 0. The third-order valence-electron chi connectivity index (χ3n) is 3.54. The van der Waals surface area contributed by atoms with Gasteiger partial charge in [0.1, 0.15) is 0 Å². The first kappa shape index (κ1) is 9.00. The van der Waals surface area contributed by atoms with Gasteiger partial charge in [-0.3, -0.25) is 4.79 Å². The molecule has 0 saturated heterocycles. The van der Waals surface area contributed by atoms with Crippen LogP contribution >= 0.6 is 0 Å². The first-order chi connectivity index (χ1) is 6.24. The van der Waals surface area contributed by atoms with Crippen LogP contribution in [0.2, 0.25) is 0 Å². The van der Waals surface area contributed by atoms with Gasteiger partial charge < -0.3 is 10.5 Å². The van der Waals surface area contributed by atoms with Crippen molar-refractivity contribution in [2.75, 3.05) is 6.61 Å². The zero-order chi connectivity index (χ0) is 9.42. The molecule has 0 aliphatic heterocycles. The Balaban J connectivity index is 2.03. The first-order valence-corrected chi connectivity index (χ1v) is 5.16. The van der Waals surface area contributed by atoms with Gasteiger partial charge in [0, 0.05) is 6.04 Å². The molecule has 13 heavy (non-hydrogen) atoms. The van der Waals surface area contributed by atoms with Crippen LogP contribution in [0, 0.1) is 17.8 Å². The average molecular weight is 183 g/mol. The largest absolute Gasteiger partial charge is 0.466 e. The number of fused-ring (bicyclic) bond motifs is 2. The molecule has 2 fully saturated rings. The van der Waals surface area contributed by atoms with Crippen LogP contribution in [0.3, 0.4) is 0 Å². The number of hydrogen-bond donors (Lipinski definition) is 1. The van der Waals surface area contributed by atoms with Gasteiger partial charge >= 0.3 is 5.97 Å². The van der Waals surface area contributed by atoms with Gasteiger partial charge in [0.15, 0.2) is 0 Å². The highest BCUT2D eigenvalue weighted by molar-refractivity contribution is 5.74. The highest BCUT2D eigenvalue weighted by Gasteiger charge is 2.49. The summed E-state index contributed by atoms with van der Waals surface area (Å²) in [5.74, 6) is 1.03. The van der Waals surface area contributed by atoms with E-state index < -0.39 is 0 Å². The second-order valence-corrected chi connectivity index (χ2v) is 4.19. The van der Waals surface area contributed by atoms with E-state index in [1.165, 1.54) is 12.8 Å². The summed E-state index contributed by atoms with van der Waals surface area (Å²) in [5, 5.41) is 0. The van der Waals surface area contributed by atoms with E-state index in [9.17, 15) is 4.79 Å². The second kappa shape index (κ2) is 3.29. The number of nitrogens with two attached hydrogens (primary N) is 1. The fourth-order valence-electron chi connectivity index (χ4n) is 2.92. The molecule has 2 rings (SSSR count). The van der Waals surface area contributed by atoms with Crippen LogP contribution < -0.4 is 5.73 Å². The maximum atomic E-state index is 11.5. The van der Waals surface area contributed by atoms with Crippen LogP contribution in [0.1, 0.15) is 26.2 Å². The molecule has 0 aromatic carbocycles. The lowest BCUT2D eigenvalue weighted by atomic mass is 9.85. The smallest absolute Gasteiger partial charge is 0.310 e. The standard InChI is InChI=1S/C10H17NO2/c1-2-13-10(12)8-6-3-4-7(5-6)9(8)11/h6-9H,2-5,11H2,1H3/t6-,7?,8+,9-/m0/s1. The molecule has 2 saturated carbocycles. The van der Waals surface area contributed by atoms with E-state index in [1.807, 2.05) is 6.92 Å². The van der Waals surface area contributed by atoms with E-state index in [0.29, 0.717) is 18.4 Å². The van der Waals surface area contributed by atoms with Crippen molar-refractivity contribution in [2.24, 2.45) is 23.5 Å². The van der Waals surface area contributed by atoms with Crippen molar-refractivity contribution in [2.45, 2.75) is 32.2 Å². The van der Waals surface area contributed by atoms with Gasteiger partial charge in [-0.15, -0.1) is 0 Å². The zero-order valence-electron chi connectivity index (χ0n) is 8.03. The van der Waals surface area contributed by atoms with E-state index in [4.69, 9.17) is 10.5 Å². The predicted octanol–water partition coefficient (Wildman–Crippen LogP) is 0.923. The van der Waals surface area contributed by atoms with Gasteiger partial charge in [-0.1, -0.05) is 0 Å². The van der Waals surface area contributed by atoms with E-state index in [1.54, 1.807) is 0 Å². The topological polar surface area (TPSA) is 52.3 Å². The second-order valence-electron chi connectivity index (χ2n) is 4.19. The molecule has 3 nitrogen and oxygen atoms in total. The molecule has 1 unspecified atom stereocenters. The van der Waals surface area contributed by atoms with Crippen molar-refractivity contribution < 1.29 is 9.53 Å². The lowest BCUT2D eigenvalue weighted by Gasteiger charge is -2.25. The molecule has 0 spiro atoms. The Morgan fingerprint density at radius 1 is 1.46 bits per heavy atom. The lowest BCUT2D eigenvalue weighted by Crippen LogP contribution is -2.41. The third-order valence-corrected chi connectivity index (χ3v) is 3.54. The Morgan fingerprint density at radius 2 is 2.15 bits per heavy atom. The van der Waals surface area contributed by atoms with Crippen LogP contribution in [-0.2, 0) is 9.53 Å². The maximum absolute atomic E-state index is 11.5. The Bertz CT molecular complexity index is 215. The van der Waals surface area contributed by atoms with E-state index in [-0.39, 0.29) is 17.9 Å². The summed E-state index contributed by atoms with van der Waals surface area (Å²) in [6.07, 6.45) is 3.52. The molecule has 2 N–H and O–H groups in total. The highest BCUT2D eigenvalue weighted by atomic mass is 16.5. The minimum atomic E-state index is -0.0674. The molecule has 2 aliphatic rings. The number of carbonyl (C=O) groups excluding carboxylic acids is 1. The number of esters is 1. The minimum Gasteiger partial charge on any atom is -0.466 e. The quantitative estimate of drug-likeness (QED) is 0.648. The summed E-state index contributed by atoms with van der Waals surface area (Å²) in [5.41, 5.74) is 5.99. The molecule has 74 valence electrons. The van der Waals surface area contributed by atoms with Crippen LogP contribution in [0.5, 0.6) is 0 Å². The Hall–Kier alpha value is -0.570. The maximum Gasteiger partial charge on any atom is 0.310 e. The molecule has 0 aromatic rings. The Kier molecular flexibility index (Phi) is 2.28. The average Bonchev–Trinajstić information content (AvgIpc) is 2.63. The van der Waals surface area contributed by atoms with Crippen molar-refractivity contribution in [1.82, 2.24) is 0 Å². The van der Waals surface area contributed by atoms with Crippen LogP contribution in [0.25, 0.3) is 0 Å². The molecule has 4 atom stereocenters. The van der Waals surface area contributed by atoms with Crippen molar-refractivity contribution in [1.29, 1.82) is 0 Å². The van der Waals surface area contributed by atoms with Gasteiger partial charge in [-0.2, -0.15) is 0 Å². The molecule has 0 aromatic heterocycles. The SMILES string of the molecule is CCOC(=O)[C@@H]1[C@H]2CCC(C2)[C@@H]1N.